The van der Waals surface area contributed by atoms with E-state index < -0.39 is 0 Å². The predicted molar refractivity (Wildman–Crippen MR) is 102 cm³/mol. The molecule has 3 rings (SSSR count). The third-order valence-electron chi connectivity index (χ3n) is 4.46. The molecule has 27 heavy (non-hydrogen) atoms. The van der Waals surface area contributed by atoms with Crippen LogP contribution in [0.5, 0.6) is 17.2 Å². The van der Waals surface area contributed by atoms with E-state index >= 15 is 0 Å². The van der Waals surface area contributed by atoms with Gasteiger partial charge < -0.3 is 24.2 Å². The molecule has 1 aliphatic rings. The number of morpholine rings is 1. The lowest BCUT2D eigenvalue weighted by Gasteiger charge is -2.26. The minimum Gasteiger partial charge on any atom is -0.508 e. The molecule has 2 aromatic rings. The summed E-state index contributed by atoms with van der Waals surface area (Å²) < 4.78 is 16.0. The van der Waals surface area contributed by atoms with Gasteiger partial charge in [0.2, 0.25) is 5.91 Å². The number of hydrogen-bond donors (Lipinski definition) is 1. The first kappa shape index (κ1) is 18.8. The fourth-order valence-corrected chi connectivity index (χ4v) is 2.98. The molecule has 0 aliphatic carbocycles. The number of ether oxygens (including phenoxy) is 3. The highest BCUT2D eigenvalue weighted by Gasteiger charge is 2.18. The van der Waals surface area contributed by atoms with Crippen molar-refractivity contribution in [3.63, 3.8) is 0 Å². The van der Waals surface area contributed by atoms with Crippen molar-refractivity contribution in [1.29, 1.82) is 0 Å². The van der Waals surface area contributed by atoms with Gasteiger partial charge in [-0.3, -0.25) is 4.79 Å². The number of benzene rings is 2. The Balaban J connectivity index is 2.03. The maximum absolute atomic E-state index is 12.8. The topological polar surface area (TPSA) is 68.2 Å². The highest BCUT2D eigenvalue weighted by Crippen LogP contribution is 2.33. The van der Waals surface area contributed by atoms with E-state index in [1.807, 2.05) is 18.2 Å². The number of nitrogens with zero attached hydrogens (tertiary/aromatic N) is 1. The molecule has 0 unspecified atom stereocenters. The first-order chi connectivity index (χ1) is 13.1. The van der Waals surface area contributed by atoms with E-state index in [9.17, 15) is 9.90 Å². The first-order valence-electron chi connectivity index (χ1n) is 8.72. The molecule has 2 aromatic carbocycles. The molecule has 1 saturated heterocycles. The van der Waals surface area contributed by atoms with Gasteiger partial charge in [0.1, 0.15) is 5.75 Å². The first-order valence-corrected chi connectivity index (χ1v) is 8.72. The quantitative estimate of drug-likeness (QED) is 0.821. The predicted octanol–water partition coefficient (Wildman–Crippen LogP) is 2.70. The Kier molecular flexibility index (Phi) is 5.98. The summed E-state index contributed by atoms with van der Waals surface area (Å²) in [4.78, 5) is 14.6. The summed E-state index contributed by atoms with van der Waals surface area (Å²) >= 11 is 0. The van der Waals surface area contributed by atoms with E-state index in [1.165, 1.54) is 0 Å². The molecular formula is C21H23NO5. The number of phenolic OH excluding ortho intramolecular Hbond substituents is 1. The van der Waals surface area contributed by atoms with E-state index in [0.717, 1.165) is 16.7 Å². The SMILES string of the molecule is COc1ccc(/C(=C\C(=O)N2CCOCC2)c2ccc(O)cc2)cc1OC. The number of phenols is 1. The molecule has 1 fully saturated rings. The number of rotatable bonds is 5. The summed E-state index contributed by atoms with van der Waals surface area (Å²) in [5, 5.41) is 9.60. The molecule has 1 N–H and O–H groups in total. The van der Waals surface area contributed by atoms with Gasteiger partial charge in [-0.2, -0.15) is 0 Å². The average molecular weight is 369 g/mol. The Labute approximate surface area is 158 Å². The monoisotopic (exact) mass is 369 g/mol. The van der Waals surface area contributed by atoms with Gasteiger partial charge in [-0.25, -0.2) is 0 Å². The van der Waals surface area contributed by atoms with Crippen LogP contribution in [0.2, 0.25) is 0 Å². The molecule has 0 spiro atoms. The van der Waals surface area contributed by atoms with Gasteiger partial charge in [0.15, 0.2) is 11.5 Å². The van der Waals surface area contributed by atoms with E-state index in [4.69, 9.17) is 14.2 Å². The summed E-state index contributed by atoms with van der Waals surface area (Å²) in [5.41, 5.74) is 2.38. The zero-order chi connectivity index (χ0) is 19.2. The molecule has 0 aromatic heterocycles. The Morgan fingerprint density at radius 3 is 2.26 bits per heavy atom. The van der Waals surface area contributed by atoms with Crippen molar-refractivity contribution in [3.8, 4) is 17.2 Å². The third kappa shape index (κ3) is 4.41. The number of amides is 1. The van der Waals surface area contributed by atoms with Crippen LogP contribution in [0.4, 0.5) is 0 Å². The molecule has 1 heterocycles. The Hall–Kier alpha value is -2.99. The largest absolute Gasteiger partial charge is 0.508 e. The number of aromatic hydroxyl groups is 1. The Morgan fingerprint density at radius 1 is 1.00 bits per heavy atom. The van der Waals surface area contributed by atoms with E-state index in [2.05, 4.69) is 0 Å². The smallest absolute Gasteiger partial charge is 0.247 e. The van der Waals surface area contributed by atoms with Crippen molar-refractivity contribution in [2.45, 2.75) is 0 Å². The second-order valence-corrected chi connectivity index (χ2v) is 6.11. The minimum absolute atomic E-state index is 0.0730. The summed E-state index contributed by atoms with van der Waals surface area (Å²) in [6, 6.07) is 12.3. The summed E-state index contributed by atoms with van der Waals surface area (Å²) in [6.45, 7) is 2.24. The van der Waals surface area contributed by atoms with E-state index in [1.54, 1.807) is 49.5 Å². The van der Waals surface area contributed by atoms with Crippen molar-refractivity contribution in [2.24, 2.45) is 0 Å². The van der Waals surface area contributed by atoms with Crippen LogP contribution in [0, 0.1) is 0 Å². The van der Waals surface area contributed by atoms with Gasteiger partial charge >= 0.3 is 0 Å². The summed E-state index contributed by atoms with van der Waals surface area (Å²) in [7, 11) is 3.15. The lowest BCUT2D eigenvalue weighted by atomic mass is 9.96. The van der Waals surface area contributed by atoms with Crippen molar-refractivity contribution < 1.29 is 24.1 Å². The van der Waals surface area contributed by atoms with E-state index in [-0.39, 0.29) is 11.7 Å². The maximum Gasteiger partial charge on any atom is 0.247 e. The molecule has 1 amide bonds. The average Bonchev–Trinajstić information content (AvgIpc) is 2.72. The molecule has 0 radical (unpaired) electrons. The van der Waals surface area contributed by atoms with Crippen LogP contribution < -0.4 is 9.47 Å². The minimum atomic E-state index is -0.0730. The lowest BCUT2D eigenvalue weighted by Crippen LogP contribution is -2.39. The van der Waals surface area contributed by atoms with Crippen LogP contribution in [-0.4, -0.2) is 56.4 Å². The fraction of sp³-hybridized carbons (Fsp3) is 0.286. The van der Waals surface area contributed by atoms with Gasteiger partial charge in [0, 0.05) is 19.2 Å². The second-order valence-electron chi connectivity index (χ2n) is 6.11. The standard InChI is InChI=1S/C21H23NO5/c1-25-19-8-5-16(13-20(19)26-2)18(15-3-6-17(23)7-4-15)14-21(24)22-9-11-27-12-10-22/h3-8,13-14,23H,9-12H2,1-2H3/b18-14-. The molecule has 6 nitrogen and oxygen atoms in total. The molecule has 142 valence electrons. The zero-order valence-electron chi connectivity index (χ0n) is 15.5. The number of hydrogen-bond acceptors (Lipinski definition) is 5. The van der Waals surface area contributed by atoms with Crippen molar-refractivity contribution in [3.05, 3.63) is 59.7 Å². The highest BCUT2D eigenvalue weighted by molar-refractivity contribution is 5.99. The van der Waals surface area contributed by atoms with Crippen LogP contribution in [0.1, 0.15) is 11.1 Å². The Morgan fingerprint density at radius 2 is 1.63 bits per heavy atom. The van der Waals surface area contributed by atoms with Gasteiger partial charge in [-0.15, -0.1) is 0 Å². The third-order valence-corrected chi connectivity index (χ3v) is 4.46. The van der Waals surface area contributed by atoms with Crippen molar-refractivity contribution in [1.82, 2.24) is 4.90 Å². The number of carbonyl (C=O) groups is 1. The molecule has 1 aliphatic heterocycles. The normalized spacial score (nSPS) is 14.7. The van der Waals surface area contributed by atoms with Crippen LogP contribution in [0.15, 0.2) is 48.5 Å². The molecule has 6 heteroatoms. The summed E-state index contributed by atoms with van der Waals surface area (Å²) in [6.07, 6.45) is 1.62. The second kappa shape index (κ2) is 8.60. The van der Waals surface area contributed by atoms with E-state index in [0.29, 0.717) is 37.8 Å². The van der Waals surface area contributed by atoms with Crippen molar-refractivity contribution >= 4 is 11.5 Å². The fourth-order valence-electron chi connectivity index (χ4n) is 2.98. The van der Waals surface area contributed by atoms with Gasteiger partial charge in [0.05, 0.1) is 27.4 Å². The van der Waals surface area contributed by atoms with Crippen LogP contribution in [0.25, 0.3) is 5.57 Å². The summed E-state index contributed by atoms with van der Waals surface area (Å²) in [5.74, 6) is 1.30. The number of carbonyl (C=O) groups excluding carboxylic acids is 1. The molecule has 0 atom stereocenters. The molecular weight excluding hydrogens is 346 g/mol. The Bertz CT molecular complexity index is 823. The molecule has 0 bridgehead atoms. The molecule has 0 saturated carbocycles. The maximum atomic E-state index is 12.8. The van der Waals surface area contributed by atoms with Crippen LogP contribution in [-0.2, 0) is 9.53 Å². The lowest BCUT2D eigenvalue weighted by molar-refractivity contribution is -0.129. The van der Waals surface area contributed by atoms with Gasteiger partial charge in [-0.1, -0.05) is 18.2 Å². The van der Waals surface area contributed by atoms with Gasteiger partial charge in [0.25, 0.3) is 0 Å². The highest BCUT2D eigenvalue weighted by atomic mass is 16.5. The van der Waals surface area contributed by atoms with Crippen LogP contribution >= 0.6 is 0 Å². The van der Waals surface area contributed by atoms with Crippen molar-refractivity contribution in [2.75, 3.05) is 40.5 Å². The van der Waals surface area contributed by atoms with Crippen LogP contribution in [0.3, 0.4) is 0 Å². The zero-order valence-corrected chi connectivity index (χ0v) is 15.5. The number of methoxy groups -OCH3 is 2. The van der Waals surface area contributed by atoms with Gasteiger partial charge in [-0.05, 0) is 41.0 Å².